The van der Waals surface area contributed by atoms with Crippen molar-refractivity contribution in [3.63, 3.8) is 0 Å². The molecule has 1 aromatic carbocycles. The minimum Gasteiger partial charge on any atom is -0.330 e. The molecule has 1 aromatic heterocycles. The van der Waals surface area contributed by atoms with Crippen molar-refractivity contribution < 1.29 is 4.79 Å². The first-order chi connectivity index (χ1) is 11.6. The zero-order valence-corrected chi connectivity index (χ0v) is 14.5. The second kappa shape index (κ2) is 6.06. The molecular formula is C19H24N4O. The molecule has 0 unspecified atom stereocenters. The van der Waals surface area contributed by atoms with Gasteiger partial charge in [-0.05, 0) is 38.3 Å². The van der Waals surface area contributed by atoms with Crippen molar-refractivity contribution in [2.45, 2.75) is 39.8 Å². The minimum atomic E-state index is 0.204. The largest absolute Gasteiger partial charge is 0.330 e. The van der Waals surface area contributed by atoms with Gasteiger partial charge in [-0.1, -0.05) is 18.2 Å². The lowest BCUT2D eigenvalue weighted by Crippen LogP contribution is -2.45. The molecule has 1 amide bonds. The highest BCUT2D eigenvalue weighted by molar-refractivity contribution is 5.95. The van der Waals surface area contributed by atoms with Gasteiger partial charge in [0.15, 0.2) is 0 Å². The smallest absolute Gasteiger partial charge is 0.241 e. The molecule has 0 fully saturated rings. The predicted octanol–water partition coefficient (Wildman–Crippen LogP) is 2.29. The number of hydrogen-bond acceptors (Lipinski definition) is 3. The number of benzene rings is 1. The number of aryl methyl sites for hydroxylation is 2. The SMILES string of the molecule is Cc1nc2n(c1C)CCN(CC(=O)N1CCCc3ccccc31)C2. The van der Waals surface area contributed by atoms with Crippen LogP contribution in [0.1, 0.15) is 29.2 Å². The normalized spacial score (nSPS) is 17.5. The van der Waals surface area contributed by atoms with Crippen LogP contribution in [-0.4, -0.2) is 40.0 Å². The summed E-state index contributed by atoms with van der Waals surface area (Å²) < 4.78 is 2.28. The Labute approximate surface area is 142 Å². The van der Waals surface area contributed by atoms with Gasteiger partial charge in [-0.2, -0.15) is 0 Å². The molecule has 0 saturated heterocycles. The van der Waals surface area contributed by atoms with Crippen LogP contribution in [-0.2, 0) is 24.3 Å². The van der Waals surface area contributed by atoms with E-state index >= 15 is 0 Å². The maximum atomic E-state index is 12.9. The summed E-state index contributed by atoms with van der Waals surface area (Å²) in [5.41, 5.74) is 4.74. The maximum Gasteiger partial charge on any atom is 0.241 e. The predicted molar refractivity (Wildman–Crippen MR) is 94.1 cm³/mol. The highest BCUT2D eigenvalue weighted by Crippen LogP contribution is 2.27. The first-order valence-corrected chi connectivity index (χ1v) is 8.76. The van der Waals surface area contributed by atoms with E-state index in [0.29, 0.717) is 6.54 Å². The van der Waals surface area contributed by atoms with Gasteiger partial charge in [0.05, 0.1) is 18.8 Å². The summed E-state index contributed by atoms with van der Waals surface area (Å²) in [6, 6.07) is 8.29. The first kappa shape index (κ1) is 15.4. The highest BCUT2D eigenvalue weighted by Gasteiger charge is 2.26. The van der Waals surface area contributed by atoms with Crippen molar-refractivity contribution in [3.8, 4) is 0 Å². The number of nitrogens with zero attached hydrogens (tertiary/aromatic N) is 4. The summed E-state index contributed by atoms with van der Waals surface area (Å²) in [4.78, 5) is 21.7. The molecular weight excluding hydrogens is 300 g/mol. The number of fused-ring (bicyclic) bond motifs is 2. The van der Waals surface area contributed by atoms with E-state index in [4.69, 9.17) is 0 Å². The molecule has 2 aliphatic rings. The van der Waals surface area contributed by atoms with E-state index in [9.17, 15) is 4.79 Å². The zero-order chi connectivity index (χ0) is 16.7. The molecule has 0 N–H and O–H groups in total. The van der Waals surface area contributed by atoms with Crippen molar-refractivity contribution >= 4 is 11.6 Å². The van der Waals surface area contributed by atoms with E-state index in [1.54, 1.807) is 0 Å². The number of hydrogen-bond donors (Lipinski definition) is 0. The van der Waals surface area contributed by atoms with Gasteiger partial charge in [0.1, 0.15) is 5.82 Å². The standard InChI is InChI=1S/C19H24N4O/c1-14-15(2)22-11-10-21(12-18(22)20-14)13-19(24)23-9-5-7-16-6-3-4-8-17(16)23/h3-4,6,8H,5,7,9-13H2,1-2H3. The summed E-state index contributed by atoms with van der Waals surface area (Å²) in [6.07, 6.45) is 2.12. The molecule has 0 aliphatic carbocycles. The molecule has 24 heavy (non-hydrogen) atoms. The van der Waals surface area contributed by atoms with Gasteiger partial charge in [0.25, 0.3) is 0 Å². The number of aromatic nitrogens is 2. The van der Waals surface area contributed by atoms with Gasteiger partial charge in [-0.15, -0.1) is 0 Å². The molecule has 3 heterocycles. The number of para-hydroxylation sites is 1. The van der Waals surface area contributed by atoms with Gasteiger partial charge in [-0.3, -0.25) is 9.69 Å². The quantitative estimate of drug-likeness (QED) is 0.851. The van der Waals surface area contributed by atoms with Gasteiger partial charge < -0.3 is 9.47 Å². The van der Waals surface area contributed by atoms with Gasteiger partial charge in [0.2, 0.25) is 5.91 Å². The molecule has 0 radical (unpaired) electrons. The Kier molecular flexibility index (Phi) is 3.88. The van der Waals surface area contributed by atoms with Crippen molar-refractivity contribution in [3.05, 3.63) is 47.0 Å². The van der Waals surface area contributed by atoms with Crippen LogP contribution in [0.25, 0.3) is 0 Å². The third-order valence-corrected chi connectivity index (χ3v) is 5.31. The van der Waals surface area contributed by atoms with Crippen LogP contribution in [0.15, 0.2) is 24.3 Å². The van der Waals surface area contributed by atoms with Crippen LogP contribution < -0.4 is 4.90 Å². The summed E-state index contributed by atoms with van der Waals surface area (Å²) >= 11 is 0. The topological polar surface area (TPSA) is 41.4 Å². The third kappa shape index (κ3) is 2.63. The van der Waals surface area contributed by atoms with Crippen molar-refractivity contribution in [1.82, 2.24) is 14.5 Å². The molecule has 5 heteroatoms. The lowest BCUT2D eigenvalue weighted by Gasteiger charge is -2.33. The molecule has 0 bridgehead atoms. The van der Waals surface area contributed by atoms with Crippen LogP contribution in [0, 0.1) is 13.8 Å². The number of carbonyl (C=O) groups excluding carboxylic acids is 1. The Morgan fingerprint density at radius 1 is 1.17 bits per heavy atom. The summed E-state index contributed by atoms with van der Waals surface area (Å²) in [5, 5.41) is 0. The summed E-state index contributed by atoms with van der Waals surface area (Å²) in [5.74, 6) is 1.29. The highest BCUT2D eigenvalue weighted by atomic mass is 16.2. The Morgan fingerprint density at radius 3 is 2.88 bits per heavy atom. The van der Waals surface area contributed by atoms with E-state index in [1.807, 2.05) is 11.0 Å². The maximum absolute atomic E-state index is 12.9. The molecule has 0 atom stereocenters. The van der Waals surface area contributed by atoms with Gasteiger partial charge >= 0.3 is 0 Å². The van der Waals surface area contributed by atoms with E-state index in [1.165, 1.54) is 11.3 Å². The molecule has 5 nitrogen and oxygen atoms in total. The van der Waals surface area contributed by atoms with Crippen molar-refractivity contribution in [1.29, 1.82) is 0 Å². The Morgan fingerprint density at radius 2 is 2.00 bits per heavy atom. The molecule has 0 saturated carbocycles. The zero-order valence-electron chi connectivity index (χ0n) is 14.5. The van der Waals surface area contributed by atoms with Crippen molar-refractivity contribution in [2.75, 3.05) is 24.5 Å². The number of anilines is 1. The van der Waals surface area contributed by atoms with Crippen LogP contribution in [0.3, 0.4) is 0 Å². The first-order valence-electron chi connectivity index (χ1n) is 8.76. The monoisotopic (exact) mass is 324 g/mol. The fraction of sp³-hybridized carbons (Fsp3) is 0.474. The van der Waals surface area contributed by atoms with Gasteiger partial charge in [0, 0.05) is 31.0 Å². The van der Waals surface area contributed by atoms with E-state index < -0.39 is 0 Å². The molecule has 4 rings (SSSR count). The fourth-order valence-electron chi connectivity index (χ4n) is 3.87. The van der Waals surface area contributed by atoms with Crippen LogP contribution in [0.5, 0.6) is 0 Å². The van der Waals surface area contributed by atoms with Crippen molar-refractivity contribution in [2.24, 2.45) is 0 Å². The van der Waals surface area contributed by atoms with E-state index in [0.717, 1.165) is 56.2 Å². The molecule has 2 aliphatic heterocycles. The van der Waals surface area contributed by atoms with Crippen LogP contribution >= 0.6 is 0 Å². The number of carbonyl (C=O) groups is 1. The average Bonchev–Trinajstić information content (AvgIpc) is 2.88. The number of imidazole rings is 1. The second-order valence-corrected chi connectivity index (χ2v) is 6.84. The van der Waals surface area contributed by atoms with Crippen LogP contribution in [0.2, 0.25) is 0 Å². The average molecular weight is 324 g/mol. The Hall–Kier alpha value is -2.14. The lowest BCUT2D eigenvalue weighted by atomic mass is 10.0. The van der Waals surface area contributed by atoms with E-state index in [-0.39, 0.29) is 5.91 Å². The fourth-order valence-corrected chi connectivity index (χ4v) is 3.87. The second-order valence-electron chi connectivity index (χ2n) is 6.84. The Bertz CT molecular complexity index is 780. The Balaban J connectivity index is 1.48. The molecule has 126 valence electrons. The lowest BCUT2D eigenvalue weighted by molar-refractivity contribution is -0.120. The summed E-state index contributed by atoms with van der Waals surface area (Å²) in [7, 11) is 0. The molecule has 2 aromatic rings. The number of rotatable bonds is 2. The summed E-state index contributed by atoms with van der Waals surface area (Å²) in [6.45, 7) is 8.07. The van der Waals surface area contributed by atoms with Gasteiger partial charge in [-0.25, -0.2) is 4.98 Å². The van der Waals surface area contributed by atoms with Crippen LogP contribution in [0.4, 0.5) is 5.69 Å². The van der Waals surface area contributed by atoms with E-state index in [2.05, 4.69) is 46.5 Å². The minimum absolute atomic E-state index is 0.204. The number of amides is 1. The third-order valence-electron chi connectivity index (χ3n) is 5.31. The molecule has 0 spiro atoms.